The van der Waals surface area contributed by atoms with Crippen LogP contribution in [-0.4, -0.2) is 84.0 Å². The lowest BCUT2D eigenvalue weighted by Crippen LogP contribution is -2.54. The van der Waals surface area contributed by atoms with Crippen LogP contribution < -0.4 is 41.1 Å². The number of nitrogens with zero attached hydrogens (tertiary/aromatic N) is 4. The highest BCUT2D eigenvalue weighted by molar-refractivity contribution is 6.04. The third-order valence-corrected chi connectivity index (χ3v) is 13.1. The van der Waals surface area contributed by atoms with E-state index in [1.54, 1.807) is 37.4 Å². The number of ether oxygens (including phenoxy) is 1. The van der Waals surface area contributed by atoms with E-state index in [0.29, 0.717) is 59.6 Å². The molecule has 3 aliphatic carbocycles. The lowest BCUT2D eigenvalue weighted by atomic mass is 9.87. The number of nitrogens with one attached hydrogen (secondary N) is 5. The van der Waals surface area contributed by atoms with Crippen LogP contribution in [0.4, 0.5) is 28.8 Å². The number of carbonyl (C=O) groups excluding carboxylic acids is 4. The van der Waals surface area contributed by atoms with Crippen LogP contribution in [0.5, 0.6) is 5.75 Å². The molecule has 2 aliphatic heterocycles. The van der Waals surface area contributed by atoms with Gasteiger partial charge in [-0.25, -0.2) is 4.98 Å². The second-order valence-electron chi connectivity index (χ2n) is 16.9. The number of carbonyl (C=O) groups is 4. The maximum Gasteiger partial charge on any atom is 0.251 e. The van der Waals surface area contributed by atoms with Crippen molar-refractivity contribution in [1.29, 1.82) is 0 Å². The summed E-state index contributed by atoms with van der Waals surface area (Å²) in [6.45, 7) is 1.95. The average molecular weight is 792 g/mol. The van der Waals surface area contributed by atoms with Crippen molar-refractivity contribution in [3.05, 3.63) is 59.8 Å². The van der Waals surface area contributed by atoms with Gasteiger partial charge >= 0.3 is 0 Å². The van der Waals surface area contributed by atoms with Gasteiger partial charge in [-0.2, -0.15) is 4.98 Å². The first kappa shape index (κ1) is 39.6. The van der Waals surface area contributed by atoms with Gasteiger partial charge in [0.25, 0.3) is 5.91 Å². The van der Waals surface area contributed by atoms with Crippen LogP contribution in [-0.2, 0) is 14.4 Å². The summed E-state index contributed by atoms with van der Waals surface area (Å²) in [5.41, 5.74) is 3.90. The molecule has 58 heavy (non-hydrogen) atoms. The SMILES string of the molecule is COc1cc(C(=O)NC2CCC(NC3CCC(Nc4ccc(C5CCC(=O)NC5=O)cc4)CC3)CC2)ccc1Nc1ncc2c(n1)N(C1CCCC1)[C@H](C)C(=O)N2C. The van der Waals surface area contributed by atoms with E-state index < -0.39 is 0 Å². The Morgan fingerprint density at radius 3 is 2.19 bits per heavy atom. The van der Waals surface area contributed by atoms with Crippen LogP contribution >= 0.6 is 0 Å². The predicted octanol–water partition coefficient (Wildman–Crippen LogP) is 5.92. The van der Waals surface area contributed by atoms with Gasteiger partial charge in [-0.1, -0.05) is 25.0 Å². The monoisotopic (exact) mass is 791 g/mol. The number of hydrogen-bond acceptors (Lipinski definition) is 11. The molecule has 5 N–H and O–H groups in total. The van der Waals surface area contributed by atoms with E-state index in [0.717, 1.165) is 94.1 Å². The molecule has 0 spiro atoms. The van der Waals surface area contributed by atoms with Gasteiger partial charge in [0.15, 0.2) is 5.82 Å². The van der Waals surface area contributed by atoms with E-state index >= 15 is 0 Å². The van der Waals surface area contributed by atoms with Crippen LogP contribution in [0.15, 0.2) is 48.7 Å². The van der Waals surface area contributed by atoms with E-state index in [9.17, 15) is 19.2 Å². The minimum absolute atomic E-state index is 0.0442. The van der Waals surface area contributed by atoms with Gasteiger partial charge < -0.3 is 35.8 Å². The molecule has 14 nitrogen and oxygen atoms in total. The smallest absolute Gasteiger partial charge is 0.251 e. The van der Waals surface area contributed by atoms with Crippen LogP contribution in [0, 0.1) is 0 Å². The molecular weight excluding hydrogens is 735 g/mol. The van der Waals surface area contributed by atoms with E-state index in [2.05, 4.69) is 36.5 Å². The van der Waals surface area contributed by atoms with Crippen molar-refractivity contribution in [2.24, 2.45) is 0 Å². The summed E-state index contributed by atoms with van der Waals surface area (Å²) in [5.74, 6) is 0.953. The fourth-order valence-electron chi connectivity index (χ4n) is 9.75. The molecule has 2 aromatic carbocycles. The molecular formula is C44H57N9O5. The molecule has 0 bridgehead atoms. The van der Waals surface area contributed by atoms with Gasteiger partial charge in [-0.05, 0) is 113 Å². The summed E-state index contributed by atoms with van der Waals surface area (Å²) in [4.78, 5) is 63.5. The molecule has 8 rings (SSSR count). The van der Waals surface area contributed by atoms with E-state index in [-0.39, 0.29) is 47.7 Å². The largest absolute Gasteiger partial charge is 0.495 e. The first-order chi connectivity index (χ1) is 28.1. The van der Waals surface area contributed by atoms with Gasteiger partial charge in [0.1, 0.15) is 17.5 Å². The summed E-state index contributed by atoms with van der Waals surface area (Å²) in [5, 5.41) is 16.6. The van der Waals surface area contributed by atoms with Crippen LogP contribution in [0.2, 0.25) is 0 Å². The Bertz CT molecular complexity index is 1990. The molecule has 4 amide bonds. The zero-order valence-corrected chi connectivity index (χ0v) is 33.9. The topological polar surface area (TPSA) is 170 Å². The molecule has 3 saturated carbocycles. The molecule has 3 aromatic rings. The number of likely N-dealkylation sites (N-methyl/N-ethyl adjacent to an activating group) is 1. The zero-order chi connectivity index (χ0) is 40.3. The normalized spacial score (nSPS) is 26.5. The lowest BCUT2D eigenvalue weighted by molar-refractivity contribution is -0.134. The summed E-state index contributed by atoms with van der Waals surface area (Å²) < 4.78 is 5.72. The minimum atomic E-state index is -0.302. The lowest BCUT2D eigenvalue weighted by Gasteiger charge is -2.42. The summed E-state index contributed by atoms with van der Waals surface area (Å²) >= 11 is 0. The van der Waals surface area contributed by atoms with Crippen molar-refractivity contribution in [2.45, 2.75) is 139 Å². The minimum Gasteiger partial charge on any atom is -0.495 e. The fourth-order valence-corrected chi connectivity index (χ4v) is 9.75. The van der Waals surface area contributed by atoms with Gasteiger partial charge in [-0.15, -0.1) is 0 Å². The number of piperidine rings is 1. The molecule has 3 heterocycles. The van der Waals surface area contributed by atoms with Crippen LogP contribution in [0.1, 0.15) is 119 Å². The van der Waals surface area contributed by atoms with Crippen molar-refractivity contribution in [1.82, 2.24) is 25.9 Å². The number of anilines is 5. The first-order valence-corrected chi connectivity index (χ1v) is 21.3. The van der Waals surface area contributed by atoms with Crippen molar-refractivity contribution in [3.63, 3.8) is 0 Å². The number of fused-ring (bicyclic) bond motifs is 1. The van der Waals surface area contributed by atoms with Gasteiger partial charge in [0, 0.05) is 54.9 Å². The van der Waals surface area contributed by atoms with Crippen LogP contribution in [0.25, 0.3) is 0 Å². The molecule has 308 valence electrons. The number of methoxy groups -OCH3 is 1. The Kier molecular flexibility index (Phi) is 11.8. The number of amides is 4. The Labute approximate surface area is 340 Å². The highest BCUT2D eigenvalue weighted by Crippen LogP contribution is 2.40. The van der Waals surface area contributed by atoms with Crippen molar-refractivity contribution in [2.75, 3.05) is 34.6 Å². The molecule has 1 saturated heterocycles. The first-order valence-electron chi connectivity index (χ1n) is 21.3. The third-order valence-electron chi connectivity index (χ3n) is 13.1. The zero-order valence-electron chi connectivity index (χ0n) is 33.9. The molecule has 4 fully saturated rings. The van der Waals surface area contributed by atoms with E-state index in [4.69, 9.17) is 9.72 Å². The highest BCUT2D eigenvalue weighted by atomic mass is 16.5. The predicted molar refractivity (Wildman–Crippen MR) is 224 cm³/mol. The van der Waals surface area contributed by atoms with Crippen molar-refractivity contribution in [3.8, 4) is 5.75 Å². The Hall–Kier alpha value is -5.24. The fraction of sp³-hybridized carbons (Fsp3) is 0.545. The molecule has 14 heteroatoms. The van der Waals surface area contributed by atoms with Gasteiger partial charge in [0.2, 0.25) is 23.7 Å². The van der Waals surface area contributed by atoms with Gasteiger partial charge in [-0.3, -0.25) is 24.5 Å². The Balaban J connectivity index is 0.789. The molecule has 1 unspecified atom stereocenters. The van der Waals surface area contributed by atoms with Crippen LogP contribution in [0.3, 0.4) is 0 Å². The van der Waals surface area contributed by atoms with E-state index in [1.807, 2.05) is 37.3 Å². The maximum atomic E-state index is 13.4. The van der Waals surface area contributed by atoms with E-state index in [1.165, 1.54) is 0 Å². The number of benzene rings is 2. The maximum absolute atomic E-state index is 13.4. The summed E-state index contributed by atoms with van der Waals surface area (Å²) in [7, 11) is 3.36. The number of rotatable bonds is 11. The molecule has 2 atom stereocenters. The Morgan fingerprint density at radius 1 is 0.845 bits per heavy atom. The second kappa shape index (κ2) is 17.3. The number of hydrogen-bond donors (Lipinski definition) is 5. The average Bonchev–Trinajstić information content (AvgIpc) is 3.77. The molecule has 5 aliphatic rings. The quantitative estimate of drug-likeness (QED) is 0.146. The number of imide groups is 1. The summed E-state index contributed by atoms with van der Waals surface area (Å²) in [6, 6.07) is 14.9. The van der Waals surface area contributed by atoms with Crippen molar-refractivity contribution >= 4 is 52.5 Å². The Morgan fingerprint density at radius 2 is 1.52 bits per heavy atom. The summed E-state index contributed by atoms with van der Waals surface area (Å²) in [6.07, 6.45) is 15.4. The van der Waals surface area contributed by atoms with Gasteiger partial charge in [0.05, 0.1) is 24.9 Å². The third kappa shape index (κ3) is 8.62. The highest BCUT2D eigenvalue weighted by Gasteiger charge is 2.40. The molecule has 0 radical (unpaired) electrons. The second-order valence-corrected chi connectivity index (χ2v) is 16.9. The molecule has 1 aromatic heterocycles. The number of aromatic nitrogens is 2. The standard InChI is InChI=1S/C44H57N9O5/c1-26-43(57)52(2)37-25-45-44(51-40(37)53(26)34-6-4-5-7-34)49-36-22-10-28(24-38(36)58-3)41(55)48-33-19-17-32(18-20-33)47-31-15-13-30(14-16-31)46-29-11-8-27(9-12-29)35-21-23-39(54)50-42(35)56/h8-12,22,24-26,30-35,46-47H,4-7,13-21,23H2,1-3H3,(H,48,55)(H,45,49,51)(H,50,54,56)/t26-,30?,31?,32?,33?,35?/m1/s1. The van der Waals surface area contributed by atoms with Crippen molar-refractivity contribution < 1.29 is 23.9 Å².